The molecule has 0 aromatic carbocycles. The molecule has 0 spiro atoms. The van der Waals surface area contributed by atoms with E-state index in [-0.39, 0.29) is 0 Å². The second-order valence-electron chi connectivity index (χ2n) is 5.86. The van der Waals surface area contributed by atoms with Crippen molar-refractivity contribution in [2.45, 2.75) is 59.0 Å². The molecule has 1 aliphatic rings. The van der Waals surface area contributed by atoms with Gasteiger partial charge in [-0.3, -0.25) is 4.68 Å². The average Bonchev–Trinajstić information content (AvgIpc) is 3.09. The smallest absolute Gasteiger partial charge is 0.0638 e. The van der Waals surface area contributed by atoms with Crippen molar-refractivity contribution in [3.05, 3.63) is 17.5 Å². The lowest BCUT2D eigenvalue weighted by atomic mass is 10.2. The van der Waals surface area contributed by atoms with Crippen LogP contribution in [0.2, 0.25) is 0 Å². The molecule has 20 heavy (non-hydrogen) atoms. The number of likely N-dealkylation sites (N-methyl/N-ethyl adjacent to an activating group) is 1. The Morgan fingerprint density at radius 3 is 2.65 bits per heavy atom. The van der Waals surface area contributed by atoms with Crippen LogP contribution in [0, 0.1) is 6.92 Å². The van der Waals surface area contributed by atoms with Crippen LogP contribution in [0.3, 0.4) is 0 Å². The molecule has 0 aliphatic heterocycles. The van der Waals surface area contributed by atoms with E-state index in [0.717, 1.165) is 32.7 Å². The van der Waals surface area contributed by atoms with Gasteiger partial charge in [0.1, 0.15) is 0 Å². The third kappa shape index (κ3) is 4.06. The lowest BCUT2D eigenvalue weighted by molar-refractivity contribution is 0.302. The molecule has 0 atom stereocenters. The summed E-state index contributed by atoms with van der Waals surface area (Å²) in [5.74, 6) is 0. The summed E-state index contributed by atoms with van der Waals surface area (Å²) in [5, 5.41) is 8.26. The first-order chi connectivity index (χ1) is 9.74. The van der Waals surface area contributed by atoms with Crippen LogP contribution in [0.15, 0.2) is 6.20 Å². The van der Waals surface area contributed by atoms with Gasteiger partial charge in [0.05, 0.1) is 11.7 Å². The van der Waals surface area contributed by atoms with Gasteiger partial charge < -0.3 is 10.2 Å². The van der Waals surface area contributed by atoms with Crippen LogP contribution in [0.25, 0.3) is 0 Å². The molecular weight excluding hydrogens is 248 g/mol. The third-order valence-electron chi connectivity index (χ3n) is 4.53. The molecule has 1 saturated carbocycles. The Bertz CT molecular complexity index is 389. The van der Waals surface area contributed by atoms with Gasteiger partial charge in [0.2, 0.25) is 0 Å². The topological polar surface area (TPSA) is 33.1 Å². The monoisotopic (exact) mass is 278 g/mol. The van der Waals surface area contributed by atoms with Crippen molar-refractivity contribution in [2.24, 2.45) is 0 Å². The maximum absolute atomic E-state index is 4.71. The van der Waals surface area contributed by atoms with Gasteiger partial charge in [-0.2, -0.15) is 5.10 Å². The highest BCUT2D eigenvalue weighted by atomic mass is 15.3. The van der Waals surface area contributed by atoms with Gasteiger partial charge in [0.25, 0.3) is 0 Å². The molecule has 0 saturated heterocycles. The molecular formula is C16H30N4. The fourth-order valence-corrected chi connectivity index (χ4v) is 3.05. The van der Waals surface area contributed by atoms with Crippen molar-refractivity contribution >= 4 is 0 Å². The highest BCUT2D eigenvalue weighted by molar-refractivity contribution is 5.15. The summed E-state index contributed by atoms with van der Waals surface area (Å²) in [4.78, 5) is 2.45. The minimum absolute atomic E-state index is 0.651. The highest BCUT2D eigenvalue weighted by Crippen LogP contribution is 2.29. The molecule has 0 bridgehead atoms. The van der Waals surface area contributed by atoms with Crippen molar-refractivity contribution in [2.75, 3.05) is 26.2 Å². The number of nitrogens with one attached hydrogen (secondary N) is 1. The van der Waals surface area contributed by atoms with Crippen LogP contribution in [-0.2, 0) is 6.54 Å². The summed E-state index contributed by atoms with van der Waals surface area (Å²) in [6.45, 7) is 12.0. The number of hydrogen-bond acceptors (Lipinski definition) is 3. The van der Waals surface area contributed by atoms with Crippen LogP contribution >= 0.6 is 0 Å². The second kappa shape index (κ2) is 7.79. The maximum atomic E-state index is 4.71. The lowest BCUT2D eigenvalue weighted by Crippen LogP contribution is -2.31. The summed E-state index contributed by atoms with van der Waals surface area (Å²) >= 11 is 0. The van der Waals surface area contributed by atoms with E-state index < -0.39 is 0 Å². The second-order valence-corrected chi connectivity index (χ2v) is 5.86. The molecule has 0 radical (unpaired) electrons. The summed E-state index contributed by atoms with van der Waals surface area (Å²) in [7, 11) is 0. The fourth-order valence-electron chi connectivity index (χ4n) is 3.05. The molecule has 114 valence electrons. The van der Waals surface area contributed by atoms with Crippen LogP contribution < -0.4 is 5.32 Å². The predicted octanol–water partition coefficient (Wildman–Crippen LogP) is 2.74. The van der Waals surface area contributed by atoms with Crippen molar-refractivity contribution in [1.29, 1.82) is 0 Å². The SMILES string of the molecule is CCN(CC)CCNCc1cn(C2CCCC2)nc1C. The standard InChI is InChI=1S/C16H30N4/c1-4-19(5-2)11-10-17-12-15-13-20(18-14(15)3)16-8-6-7-9-16/h13,16-17H,4-12H2,1-3H3. The molecule has 0 amide bonds. The van der Waals surface area contributed by atoms with E-state index >= 15 is 0 Å². The number of aryl methyl sites for hydroxylation is 1. The lowest BCUT2D eigenvalue weighted by Gasteiger charge is -2.17. The van der Waals surface area contributed by atoms with E-state index in [1.807, 2.05) is 0 Å². The number of rotatable bonds is 8. The molecule has 1 N–H and O–H groups in total. The van der Waals surface area contributed by atoms with Gasteiger partial charge in [-0.1, -0.05) is 26.7 Å². The van der Waals surface area contributed by atoms with E-state index in [0.29, 0.717) is 6.04 Å². The fraction of sp³-hybridized carbons (Fsp3) is 0.812. The van der Waals surface area contributed by atoms with Gasteiger partial charge in [0, 0.05) is 31.4 Å². The maximum Gasteiger partial charge on any atom is 0.0638 e. The molecule has 1 aliphatic carbocycles. The van der Waals surface area contributed by atoms with Crippen LogP contribution in [0.4, 0.5) is 0 Å². The largest absolute Gasteiger partial charge is 0.311 e. The molecule has 2 rings (SSSR count). The molecule has 1 heterocycles. The van der Waals surface area contributed by atoms with Gasteiger partial charge in [0.15, 0.2) is 0 Å². The Balaban J connectivity index is 1.78. The van der Waals surface area contributed by atoms with Crippen molar-refractivity contribution < 1.29 is 0 Å². The Hall–Kier alpha value is -0.870. The van der Waals surface area contributed by atoms with Crippen molar-refractivity contribution in [3.63, 3.8) is 0 Å². The number of hydrogen-bond donors (Lipinski definition) is 1. The average molecular weight is 278 g/mol. The molecule has 4 heteroatoms. The van der Waals surface area contributed by atoms with Crippen LogP contribution in [0.1, 0.15) is 56.8 Å². The number of aromatic nitrogens is 2. The summed E-state index contributed by atoms with van der Waals surface area (Å²) < 4.78 is 2.21. The zero-order valence-corrected chi connectivity index (χ0v) is 13.4. The van der Waals surface area contributed by atoms with Gasteiger partial charge in [-0.25, -0.2) is 0 Å². The van der Waals surface area contributed by atoms with Gasteiger partial charge >= 0.3 is 0 Å². The first kappa shape index (κ1) is 15.5. The van der Waals surface area contributed by atoms with E-state index in [4.69, 9.17) is 5.10 Å². The summed E-state index contributed by atoms with van der Waals surface area (Å²) in [6.07, 6.45) is 7.59. The van der Waals surface area contributed by atoms with Gasteiger partial charge in [-0.05, 0) is 32.9 Å². The predicted molar refractivity (Wildman–Crippen MR) is 84.0 cm³/mol. The van der Waals surface area contributed by atoms with E-state index in [1.54, 1.807) is 0 Å². The molecule has 1 fully saturated rings. The highest BCUT2D eigenvalue weighted by Gasteiger charge is 2.18. The molecule has 1 aromatic rings. The minimum atomic E-state index is 0.651. The van der Waals surface area contributed by atoms with Gasteiger partial charge in [-0.15, -0.1) is 0 Å². The van der Waals surface area contributed by atoms with E-state index in [1.165, 1.54) is 36.9 Å². The molecule has 1 aromatic heterocycles. The van der Waals surface area contributed by atoms with Crippen LogP contribution in [0.5, 0.6) is 0 Å². The Morgan fingerprint density at radius 2 is 2.00 bits per heavy atom. The molecule has 4 nitrogen and oxygen atoms in total. The first-order valence-electron chi connectivity index (χ1n) is 8.22. The first-order valence-corrected chi connectivity index (χ1v) is 8.22. The normalized spacial score (nSPS) is 16.4. The Kier molecular flexibility index (Phi) is 6.05. The minimum Gasteiger partial charge on any atom is -0.311 e. The number of nitrogens with zero attached hydrogens (tertiary/aromatic N) is 3. The zero-order chi connectivity index (χ0) is 14.4. The summed E-state index contributed by atoms with van der Waals surface area (Å²) in [6, 6.07) is 0.651. The Morgan fingerprint density at radius 1 is 1.30 bits per heavy atom. The Labute approximate surface area is 123 Å². The van der Waals surface area contributed by atoms with Crippen molar-refractivity contribution in [1.82, 2.24) is 20.0 Å². The van der Waals surface area contributed by atoms with Crippen LogP contribution in [-0.4, -0.2) is 40.9 Å². The summed E-state index contributed by atoms with van der Waals surface area (Å²) in [5.41, 5.74) is 2.55. The van der Waals surface area contributed by atoms with Crippen molar-refractivity contribution in [3.8, 4) is 0 Å². The van der Waals surface area contributed by atoms with E-state index in [2.05, 4.69) is 41.9 Å². The quantitative estimate of drug-likeness (QED) is 0.742. The van der Waals surface area contributed by atoms with E-state index in [9.17, 15) is 0 Å². The zero-order valence-electron chi connectivity index (χ0n) is 13.4. The third-order valence-corrected chi connectivity index (χ3v) is 4.53. The molecule has 0 unspecified atom stereocenters.